The minimum absolute atomic E-state index is 0.182. The Morgan fingerprint density at radius 2 is 1.90 bits per heavy atom. The highest BCUT2D eigenvalue weighted by Gasteiger charge is 2.32. The Morgan fingerprint density at radius 3 is 2.55 bits per heavy atom. The van der Waals surface area contributed by atoms with Gasteiger partial charge >= 0.3 is 5.97 Å². The number of hydrogen-bond donors (Lipinski definition) is 2. The number of ether oxygens (including phenoxy) is 1. The third-order valence-corrected chi connectivity index (χ3v) is 4.96. The zero-order chi connectivity index (χ0) is 21.0. The van der Waals surface area contributed by atoms with Crippen molar-refractivity contribution in [1.29, 1.82) is 0 Å². The molecule has 1 atom stereocenters. The van der Waals surface area contributed by atoms with Crippen molar-refractivity contribution in [3.63, 3.8) is 0 Å². The number of nitrogens with one attached hydrogen (secondary N) is 2. The Labute approximate surface area is 179 Å². The lowest BCUT2D eigenvalue weighted by Gasteiger charge is -2.37. The molecular weight excluding hydrogens is 434 g/mol. The van der Waals surface area contributed by atoms with Crippen molar-refractivity contribution < 1.29 is 14.3 Å². The maximum atomic E-state index is 12.6. The first-order chi connectivity index (χ1) is 13.7. The van der Waals surface area contributed by atoms with Gasteiger partial charge in [-0.15, -0.1) is 0 Å². The SMILES string of the molecule is CC(C)(C)OC(=O)C1CNCCN1c1ccc(C(=O)Nc2cccc(Br)c2)cc1. The van der Waals surface area contributed by atoms with E-state index in [1.54, 1.807) is 12.1 Å². The molecule has 1 aliphatic rings. The number of carbonyl (C=O) groups is 2. The fourth-order valence-corrected chi connectivity index (χ4v) is 3.57. The molecule has 154 valence electrons. The lowest BCUT2D eigenvalue weighted by Crippen LogP contribution is -2.56. The number of esters is 1. The molecule has 0 saturated carbocycles. The van der Waals surface area contributed by atoms with E-state index in [-0.39, 0.29) is 11.9 Å². The second-order valence-corrected chi connectivity index (χ2v) is 8.87. The Hall–Kier alpha value is -2.38. The van der Waals surface area contributed by atoms with Crippen LogP contribution in [0.25, 0.3) is 0 Å². The van der Waals surface area contributed by atoms with Crippen LogP contribution in [0, 0.1) is 0 Å². The number of amides is 1. The molecule has 3 rings (SSSR count). The molecule has 1 amide bonds. The van der Waals surface area contributed by atoms with Gasteiger partial charge in [0.2, 0.25) is 0 Å². The number of halogens is 1. The number of rotatable bonds is 4. The van der Waals surface area contributed by atoms with E-state index in [0.717, 1.165) is 22.4 Å². The third-order valence-electron chi connectivity index (χ3n) is 4.47. The summed E-state index contributed by atoms with van der Waals surface area (Å²) in [7, 11) is 0. The van der Waals surface area contributed by atoms with Gasteiger partial charge in [0.05, 0.1) is 0 Å². The monoisotopic (exact) mass is 459 g/mol. The molecule has 0 aliphatic carbocycles. The number of carbonyl (C=O) groups excluding carboxylic acids is 2. The first kappa shape index (κ1) is 21.3. The molecule has 2 aromatic rings. The molecule has 0 spiro atoms. The number of nitrogens with zero attached hydrogens (tertiary/aromatic N) is 1. The molecule has 0 bridgehead atoms. The van der Waals surface area contributed by atoms with Crippen LogP contribution in [0.2, 0.25) is 0 Å². The van der Waals surface area contributed by atoms with Gasteiger partial charge < -0.3 is 20.3 Å². The minimum Gasteiger partial charge on any atom is -0.458 e. The van der Waals surface area contributed by atoms with E-state index in [2.05, 4.69) is 26.6 Å². The lowest BCUT2D eigenvalue weighted by atomic mass is 10.1. The van der Waals surface area contributed by atoms with Crippen LogP contribution in [-0.2, 0) is 9.53 Å². The highest BCUT2D eigenvalue weighted by molar-refractivity contribution is 9.10. The molecule has 1 fully saturated rings. The standard InChI is InChI=1S/C22H26BrN3O3/c1-22(2,3)29-21(28)19-14-24-11-12-26(19)18-9-7-15(8-10-18)20(27)25-17-6-4-5-16(23)13-17/h4-10,13,19,24H,11-12,14H2,1-3H3,(H,25,27). The predicted molar refractivity (Wildman–Crippen MR) is 118 cm³/mol. The first-order valence-corrected chi connectivity index (χ1v) is 10.4. The molecule has 1 aliphatic heterocycles. The molecule has 7 heteroatoms. The van der Waals surface area contributed by atoms with Crippen molar-refractivity contribution >= 4 is 39.2 Å². The highest BCUT2D eigenvalue weighted by atomic mass is 79.9. The van der Waals surface area contributed by atoms with Crippen LogP contribution < -0.4 is 15.5 Å². The molecule has 29 heavy (non-hydrogen) atoms. The van der Waals surface area contributed by atoms with Gasteiger partial charge in [0.25, 0.3) is 5.91 Å². The molecule has 0 radical (unpaired) electrons. The van der Waals surface area contributed by atoms with Crippen molar-refractivity contribution in [1.82, 2.24) is 5.32 Å². The second-order valence-electron chi connectivity index (χ2n) is 7.96. The van der Waals surface area contributed by atoms with E-state index in [0.29, 0.717) is 18.7 Å². The van der Waals surface area contributed by atoms with Crippen LogP contribution >= 0.6 is 15.9 Å². The van der Waals surface area contributed by atoms with Crippen LogP contribution in [0.4, 0.5) is 11.4 Å². The van der Waals surface area contributed by atoms with Gasteiger partial charge in [-0.2, -0.15) is 0 Å². The van der Waals surface area contributed by atoms with E-state index < -0.39 is 11.6 Å². The first-order valence-electron chi connectivity index (χ1n) is 9.60. The summed E-state index contributed by atoms with van der Waals surface area (Å²) in [5.74, 6) is -0.431. The van der Waals surface area contributed by atoms with Crippen molar-refractivity contribution in [3.8, 4) is 0 Å². The van der Waals surface area contributed by atoms with Crippen LogP contribution in [0.15, 0.2) is 53.0 Å². The third kappa shape index (κ3) is 5.81. The van der Waals surface area contributed by atoms with E-state index in [1.807, 2.05) is 62.1 Å². The van der Waals surface area contributed by atoms with Crippen LogP contribution in [0.3, 0.4) is 0 Å². The fraction of sp³-hybridized carbons (Fsp3) is 0.364. The topological polar surface area (TPSA) is 70.7 Å². The van der Waals surface area contributed by atoms with Gasteiger partial charge in [-0.05, 0) is 63.2 Å². The molecule has 1 heterocycles. The van der Waals surface area contributed by atoms with Crippen molar-refractivity contribution in [2.24, 2.45) is 0 Å². The zero-order valence-corrected chi connectivity index (χ0v) is 18.5. The summed E-state index contributed by atoms with van der Waals surface area (Å²) in [6.45, 7) is 7.59. The summed E-state index contributed by atoms with van der Waals surface area (Å²) in [6.07, 6.45) is 0. The van der Waals surface area contributed by atoms with E-state index >= 15 is 0 Å². The molecule has 1 unspecified atom stereocenters. The summed E-state index contributed by atoms with van der Waals surface area (Å²) in [5.41, 5.74) is 1.63. The van der Waals surface area contributed by atoms with Gasteiger partial charge in [0, 0.05) is 41.0 Å². The molecule has 2 aromatic carbocycles. The van der Waals surface area contributed by atoms with Gasteiger partial charge in [-0.25, -0.2) is 4.79 Å². The quantitative estimate of drug-likeness (QED) is 0.679. The van der Waals surface area contributed by atoms with E-state index in [4.69, 9.17) is 4.74 Å². The Bertz CT molecular complexity index is 878. The molecule has 0 aromatic heterocycles. The Morgan fingerprint density at radius 1 is 1.17 bits per heavy atom. The number of anilines is 2. The van der Waals surface area contributed by atoms with E-state index in [1.165, 1.54) is 0 Å². The molecule has 1 saturated heterocycles. The average Bonchev–Trinajstić information content (AvgIpc) is 2.67. The summed E-state index contributed by atoms with van der Waals surface area (Å²) in [6, 6.07) is 14.3. The zero-order valence-electron chi connectivity index (χ0n) is 16.9. The summed E-state index contributed by atoms with van der Waals surface area (Å²) < 4.78 is 6.48. The molecular formula is C22H26BrN3O3. The van der Waals surface area contributed by atoms with Crippen molar-refractivity contribution in [2.45, 2.75) is 32.4 Å². The fourth-order valence-electron chi connectivity index (χ4n) is 3.17. The summed E-state index contributed by atoms with van der Waals surface area (Å²) in [5, 5.41) is 6.14. The average molecular weight is 460 g/mol. The van der Waals surface area contributed by atoms with Gasteiger partial charge in [0.1, 0.15) is 11.6 Å². The molecule has 6 nitrogen and oxygen atoms in total. The Balaban J connectivity index is 1.72. The van der Waals surface area contributed by atoms with Gasteiger partial charge in [-0.1, -0.05) is 22.0 Å². The smallest absolute Gasteiger partial charge is 0.330 e. The van der Waals surface area contributed by atoms with Crippen LogP contribution in [-0.4, -0.2) is 43.2 Å². The minimum atomic E-state index is -0.533. The van der Waals surface area contributed by atoms with Crippen molar-refractivity contribution in [2.75, 3.05) is 29.9 Å². The Kier molecular flexibility index (Phi) is 6.59. The number of hydrogen-bond acceptors (Lipinski definition) is 5. The maximum Gasteiger partial charge on any atom is 0.330 e. The van der Waals surface area contributed by atoms with Gasteiger partial charge in [0.15, 0.2) is 0 Å². The summed E-state index contributed by atoms with van der Waals surface area (Å²) in [4.78, 5) is 27.2. The second kappa shape index (κ2) is 8.97. The van der Waals surface area contributed by atoms with Crippen LogP contribution in [0.1, 0.15) is 31.1 Å². The van der Waals surface area contributed by atoms with Crippen molar-refractivity contribution in [3.05, 3.63) is 58.6 Å². The van der Waals surface area contributed by atoms with E-state index in [9.17, 15) is 9.59 Å². The molecule has 2 N–H and O–H groups in total. The lowest BCUT2D eigenvalue weighted by molar-refractivity contribution is -0.156. The predicted octanol–water partition coefficient (Wildman–Crippen LogP) is 3.82. The van der Waals surface area contributed by atoms with Crippen LogP contribution in [0.5, 0.6) is 0 Å². The summed E-state index contributed by atoms with van der Waals surface area (Å²) >= 11 is 3.40. The van der Waals surface area contributed by atoms with Gasteiger partial charge in [-0.3, -0.25) is 4.79 Å². The highest BCUT2D eigenvalue weighted by Crippen LogP contribution is 2.22. The maximum absolute atomic E-state index is 12.6. The number of piperazine rings is 1. The number of benzene rings is 2. The largest absolute Gasteiger partial charge is 0.458 e. The normalized spacial score (nSPS) is 17.0.